The maximum Gasteiger partial charge on any atom is 0.339 e. The molecule has 0 atom stereocenters. The Balaban J connectivity index is 1.90. The van der Waals surface area contributed by atoms with Crippen molar-refractivity contribution in [2.75, 3.05) is 13.2 Å². The number of fused-ring (bicyclic) bond motifs is 1. The molecule has 7 nitrogen and oxygen atoms in total. The van der Waals surface area contributed by atoms with E-state index in [4.69, 9.17) is 21.4 Å². The second kappa shape index (κ2) is 7.90. The van der Waals surface area contributed by atoms with Crippen molar-refractivity contribution in [2.24, 2.45) is 0 Å². The largest absolute Gasteiger partial charge is 0.490 e. The summed E-state index contributed by atoms with van der Waals surface area (Å²) in [4.78, 5) is 20.5. The Morgan fingerprint density at radius 1 is 1.17 bits per heavy atom. The van der Waals surface area contributed by atoms with Crippen LogP contribution in [0.3, 0.4) is 0 Å². The normalized spacial score (nSPS) is 11.0. The fourth-order valence-corrected chi connectivity index (χ4v) is 3.25. The zero-order chi connectivity index (χ0) is 20.4. The molecule has 0 aliphatic heterocycles. The zero-order valence-corrected chi connectivity index (χ0v) is 15.9. The van der Waals surface area contributed by atoms with Gasteiger partial charge in [-0.15, -0.1) is 0 Å². The van der Waals surface area contributed by atoms with Gasteiger partial charge in [-0.3, -0.25) is 0 Å². The summed E-state index contributed by atoms with van der Waals surface area (Å²) in [6, 6.07) is 12.1. The summed E-state index contributed by atoms with van der Waals surface area (Å²) in [5, 5.41) is 19.9. The maximum absolute atomic E-state index is 11.7. The predicted octanol–water partition coefficient (Wildman–Crippen LogP) is 3.81. The second-order valence-electron chi connectivity index (χ2n) is 6.25. The van der Waals surface area contributed by atoms with Crippen molar-refractivity contribution in [1.29, 1.82) is 0 Å². The summed E-state index contributed by atoms with van der Waals surface area (Å²) in [5.74, 6) is -0.938. The number of rotatable bonds is 6. The van der Waals surface area contributed by atoms with E-state index in [0.29, 0.717) is 21.8 Å². The molecule has 0 bridgehead atoms. The Kier molecular flexibility index (Phi) is 5.16. The highest BCUT2D eigenvalue weighted by atomic mass is 35.5. The van der Waals surface area contributed by atoms with E-state index in [1.807, 2.05) is 22.9 Å². The Labute approximate surface area is 170 Å². The molecular weight excluding hydrogens is 394 g/mol. The minimum Gasteiger partial charge on any atom is -0.490 e. The summed E-state index contributed by atoms with van der Waals surface area (Å²) in [6.45, 7) is -0.195. The number of hydrogen-bond acceptors (Lipinski definition) is 5. The van der Waals surface area contributed by atoms with E-state index < -0.39 is 5.97 Å². The van der Waals surface area contributed by atoms with E-state index in [0.717, 1.165) is 11.1 Å². The van der Waals surface area contributed by atoms with Gasteiger partial charge in [0.15, 0.2) is 0 Å². The zero-order valence-electron chi connectivity index (χ0n) is 15.1. The fraction of sp³-hybridized carbons (Fsp3) is 0.0952. The number of carboxylic acids is 1. The van der Waals surface area contributed by atoms with Crippen LogP contribution in [-0.2, 0) is 0 Å². The van der Waals surface area contributed by atoms with E-state index in [-0.39, 0.29) is 24.5 Å². The molecule has 0 saturated heterocycles. The smallest absolute Gasteiger partial charge is 0.339 e. The molecule has 0 aliphatic rings. The average Bonchev–Trinajstić information content (AvgIpc) is 3.25. The number of pyridine rings is 1. The van der Waals surface area contributed by atoms with Crippen LogP contribution < -0.4 is 4.74 Å². The molecule has 0 fully saturated rings. The van der Waals surface area contributed by atoms with Crippen molar-refractivity contribution in [3.8, 4) is 22.7 Å². The van der Waals surface area contributed by atoms with E-state index in [9.17, 15) is 9.90 Å². The standard InChI is InChI=1S/C21H16ClN3O4/c22-14-2-3-15-18(10-14)24-17(11-19(15)25-6-5-23-12-25)13-1-4-20(29-8-7-26)16(9-13)21(27)28/h1-6,9-12,26H,7-8H2,(H,27,28). The number of halogens is 1. The third-order valence-corrected chi connectivity index (χ3v) is 4.62. The van der Waals surface area contributed by atoms with Crippen LogP contribution >= 0.6 is 11.6 Å². The molecule has 29 heavy (non-hydrogen) atoms. The van der Waals surface area contributed by atoms with Crippen LogP contribution in [-0.4, -0.2) is 43.9 Å². The summed E-state index contributed by atoms with van der Waals surface area (Å²) in [7, 11) is 0. The number of imidazole rings is 1. The number of aliphatic hydroxyl groups is 1. The number of aliphatic hydroxyl groups excluding tert-OH is 1. The molecule has 8 heteroatoms. The first-order valence-corrected chi connectivity index (χ1v) is 9.14. The Hall–Kier alpha value is -3.42. The number of carboxylic acid groups (broad SMARTS) is 1. The SMILES string of the molecule is O=C(O)c1cc(-c2cc(-n3ccnc3)c3ccc(Cl)cc3n2)ccc1OCCO. The third kappa shape index (κ3) is 3.78. The molecular formula is C21H16ClN3O4. The molecule has 146 valence electrons. The molecule has 0 unspecified atom stereocenters. The summed E-state index contributed by atoms with van der Waals surface area (Å²) in [5.41, 5.74) is 2.71. The van der Waals surface area contributed by atoms with Gasteiger partial charge in [0.2, 0.25) is 0 Å². The van der Waals surface area contributed by atoms with Crippen LogP contribution in [0.5, 0.6) is 5.75 Å². The van der Waals surface area contributed by atoms with E-state index >= 15 is 0 Å². The predicted molar refractivity (Wildman–Crippen MR) is 109 cm³/mol. The fourth-order valence-electron chi connectivity index (χ4n) is 3.08. The highest BCUT2D eigenvalue weighted by molar-refractivity contribution is 6.31. The molecule has 2 aromatic heterocycles. The molecule has 2 heterocycles. The molecule has 0 spiro atoms. The Bertz CT molecular complexity index is 1190. The van der Waals surface area contributed by atoms with Crippen molar-refractivity contribution in [3.63, 3.8) is 0 Å². The number of carbonyl (C=O) groups is 1. The van der Waals surface area contributed by atoms with E-state index in [1.165, 1.54) is 6.07 Å². The summed E-state index contributed by atoms with van der Waals surface area (Å²) < 4.78 is 7.19. The number of benzene rings is 2. The quantitative estimate of drug-likeness (QED) is 0.502. The van der Waals surface area contributed by atoms with Crippen molar-refractivity contribution in [3.05, 3.63) is 71.8 Å². The minimum absolute atomic E-state index is 0.00637. The second-order valence-corrected chi connectivity index (χ2v) is 6.68. The van der Waals surface area contributed by atoms with Crippen molar-refractivity contribution >= 4 is 28.5 Å². The maximum atomic E-state index is 11.7. The summed E-state index contributed by atoms with van der Waals surface area (Å²) in [6.07, 6.45) is 5.18. The van der Waals surface area contributed by atoms with Gasteiger partial charge in [0.25, 0.3) is 0 Å². The average molecular weight is 410 g/mol. The van der Waals surface area contributed by atoms with Crippen molar-refractivity contribution in [1.82, 2.24) is 14.5 Å². The number of aromatic carboxylic acids is 1. The molecule has 0 radical (unpaired) electrons. The van der Waals surface area contributed by atoms with Gasteiger partial charge in [-0.05, 0) is 42.5 Å². The van der Waals surface area contributed by atoms with Gasteiger partial charge in [0.1, 0.15) is 17.9 Å². The number of aromatic nitrogens is 3. The number of nitrogens with zero attached hydrogens (tertiary/aromatic N) is 3. The van der Waals surface area contributed by atoms with Crippen LogP contribution in [0, 0.1) is 0 Å². The lowest BCUT2D eigenvalue weighted by molar-refractivity contribution is 0.0691. The highest BCUT2D eigenvalue weighted by Gasteiger charge is 2.15. The van der Waals surface area contributed by atoms with Crippen LogP contribution in [0.1, 0.15) is 10.4 Å². The van der Waals surface area contributed by atoms with Gasteiger partial charge in [0, 0.05) is 28.4 Å². The van der Waals surface area contributed by atoms with E-state index in [1.54, 1.807) is 36.8 Å². The first-order valence-electron chi connectivity index (χ1n) is 8.77. The number of hydrogen-bond donors (Lipinski definition) is 2. The van der Waals surface area contributed by atoms with Crippen molar-refractivity contribution in [2.45, 2.75) is 0 Å². The van der Waals surface area contributed by atoms with E-state index in [2.05, 4.69) is 9.97 Å². The van der Waals surface area contributed by atoms with Gasteiger partial charge in [-0.2, -0.15) is 0 Å². The Morgan fingerprint density at radius 2 is 2.03 bits per heavy atom. The minimum atomic E-state index is -1.13. The highest BCUT2D eigenvalue weighted by Crippen LogP contribution is 2.31. The molecule has 0 aliphatic carbocycles. The molecule has 2 aromatic carbocycles. The van der Waals surface area contributed by atoms with Gasteiger partial charge in [0.05, 0.1) is 29.8 Å². The third-order valence-electron chi connectivity index (χ3n) is 4.39. The monoisotopic (exact) mass is 409 g/mol. The first kappa shape index (κ1) is 18.9. The van der Waals surface area contributed by atoms with Crippen LogP contribution in [0.25, 0.3) is 27.8 Å². The van der Waals surface area contributed by atoms with Gasteiger partial charge in [-0.1, -0.05) is 11.6 Å². The molecule has 4 rings (SSSR count). The lowest BCUT2D eigenvalue weighted by atomic mass is 10.0. The molecule has 2 N–H and O–H groups in total. The van der Waals surface area contributed by atoms with Crippen molar-refractivity contribution < 1.29 is 19.7 Å². The first-order chi connectivity index (χ1) is 14.1. The van der Waals surface area contributed by atoms with Gasteiger partial charge >= 0.3 is 5.97 Å². The lowest BCUT2D eigenvalue weighted by Crippen LogP contribution is -2.07. The van der Waals surface area contributed by atoms with Crippen LogP contribution in [0.2, 0.25) is 5.02 Å². The number of ether oxygens (including phenoxy) is 1. The Morgan fingerprint density at radius 3 is 2.76 bits per heavy atom. The molecule has 0 saturated carbocycles. The van der Waals surface area contributed by atoms with Crippen LogP contribution in [0.4, 0.5) is 0 Å². The van der Waals surface area contributed by atoms with Gasteiger partial charge < -0.3 is 19.5 Å². The topological polar surface area (TPSA) is 97.5 Å². The summed E-state index contributed by atoms with van der Waals surface area (Å²) >= 11 is 6.16. The lowest BCUT2D eigenvalue weighted by Gasteiger charge is -2.13. The van der Waals surface area contributed by atoms with Crippen LogP contribution in [0.15, 0.2) is 61.2 Å². The molecule has 4 aromatic rings. The van der Waals surface area contributed by atoms with Gasteiger partial charge in [-0.25, -0.2) is 14.8 Å². The molecule has 0 amide bonds.